The van der Waals surface area contributed by atoms with Gasteiger partial charge in [-0.2, -0.15) is 4.89 Å². The van der Waals surface area contributed by atoms with Crippen LogP contribution in [0.15, 0.2) is 0 Å². The van der Waals surface area contributed by atoms with Crippen LogP contribution in [0.5, 0.6) is 0 Å². The van der Waals surface area contributed by atoms with Crippen molar-refractivity contribution < 1.29 is 9.78 Å². The summed E-state index contributed by atoms with van der Waals surface area (Å²) in [7, 11) is 0. The van der Waals surface area contributed by atoms with Gasteiger partial charge in [-0.3, -0.25) is 4.89 Å². The number of hydrogen-bond acceptors (Lipinski definition) is 3. The fourth-order valence-electron chi connectivity index (χ4n) is 2.56. The number of rotatable bonds is 2. The summed E-state index contributed by atoms with van der Waals surface area (Å²) in [6, 6.07) is 0. The zero-order chi connectivity index (χ0) is 14.4. The van der Waals surface area contributed by atoms with Crippen molar-refractivity contribution in [2.75, 3.05) is 0 Å². The van der Waals surface area contributed by atoms with Gasteiger partial charge in [0.15, 0.2) is 6.11 Å². The molecule has 0 atom stereocenters. The summed E-state index contributed by atoms with van der Waals surface area (Å²) >= 11 is 0. The molecule has 0 bridgehead atoms. The summed E-state index contributed by atoms with van der Waals surface area (Å²) in [4.78, 5) is 10.2. The van der Waals surface area contributed by atoms with E-state index in [1.165, 1.54) is 0 Å². The van der Waals surface area contributed by atoms with E-state index in [0.29, 0.717) is 0 Å². The topological polar surface area (TPSA) is 30.5 Å². The zero-order valence-electron chi connectivity index (χ0n) is 12.3. The van der Waals surface area contributed by atoms with E-state index in [1.807, 2.05) is 0 Å². The van der Waals surface area contributed by atoms with Gasteiger partial charge in [0, 0.05) is 22.9 Å². The third-order valence-electron chi connectivity index (χ3n) is 2.74. The fourth-order valence-corrected chi connectivity index (χ4v) is 2.56. The lowest BCUT2D eigenvalue weighted by molar-refractivity contribution is -0.285. The summed E-state index contributed by atoms with van der Waals surface area (Å²) in [6.07, 6.45) is 4.20. The molecular formula is C16H21NO2. The summed E-state index contributed by atoms with van der Waals surface area (Å²) in [5.41, 5.74) is 0.0550. The van der Waals surface area contributed by atoms with E-state index >= 15 is 0 Å². The lowest BCUT2D eigenvalue weighted by Crippen LogP contribution is -2.59. The Morgan fingerprint density at radius 2 is 1.53 bits per heavy atom. The predicted octanol–water partition coefficient (Wildman–Crippen LogP) is 2.23. The number of hydrogen-bond donors (Lipinski definition) is 1. The van der Waals surface area contributed by atoms with Crippen molar-refractivity contribution in [2.45, 2.75) is 64.6 Å². The van der Waals surface area contributed by atoms with Crippen LogP contribution in [0.25, 0.3) is 0 Å². The van der Waals surface area contributed by atoms with Crippen molar-refractivity contribution in [1.82, 2.24) is 5.32 Å². The van der Waals surface area contributed by atoms with Gasteiger partial charge in [-0.25, -0.2) is 0 Å². The molecule has 0 radical (unpaired) electrons. The van der Waals surface area contributed by atoms with Gasteiger partial charge in [0.1, 0.15) is 6.10 Å². The molecule has 3 heteroatoms. The molecule has 1 fully saturated rings. The van der Waals surface area contributed by atoms with Crippen LogP contribution in [0.4, 0.5) is 0 Å². The second-order valence-electron chi connectivity index (χ2n) is 5.95. The fraction of sp³-hybridized carbons (Fsp3) is 0.625. The van der Waals surface area contributed by atoms with Gasteiger partial charge >= 0.3 is 0 Å². The lowest BCUT2D eigenvalue weighted by Gasteiger charge is -2.45. The normalized spacial score (nSPS) is 19.8. The Morgan fingerprint density at radius 3 is 2.11 bits per heavy atom. The van der Waals surface area contributed by atoms with E-state index < -0.39 is 0 Å². The molecule has 0 unspecified atom stereocenters. The van der Waals surface area contributed by atoms with Gasteiger partial charge in [-0.05, 0) is 59.3 Å². The summed E-state index contributed by atoms with van der Waals surface area (Å²) in [5, 5.41) is 3.58. The molecule has 1 heterocycles. The summed E-state index contributed by atoms with van der Waals surface area (Å²) in [5.74, 6) is 12.9. The molecule has 0 spiro atoms. The molecule has 1 aliphatic rings. The highest BCUT2D eigenvalue weighted by molar-refractivity contribution is 5.34. The summed E-state index contributed by atoms with van der Waals surface area (Å²) < 4.78 is 0. The van der Waals surface area contributed by atoms with E-state index in [4.69, 9.17) is 9.78 Å². The maximum absolute atomic E-state index is 5.34. The van der Waals surface area contributed by atoms with Crippen LogP contribution in [0.1, 0.15) is 47.5 Å². The highest BCUT2D eigenvalue weighted by atomic mass is 17.2. The molecule has 0 aromatic heterocycles. The molecule has 19 heavy (non-hydrogen) atoms. The highest BCUT2D eigenvalue weighted by Gasteiger charge is 2.38. The minimum Gasteiger partial charge on any atom is -0.307 e. The van der Waals surface area contributed by atoms with Crippen LogP contribution in [0.3, 0.4) is 0 Å². The SMILES string of the molecule is CC#CC#CC#COOC1CC(C)(C)NC(C)(C)C1. The van der Waals surface area contributed by atoms with Gasteiger partial charge in [-0.15, -0.1) is 0 Å². The molecule has 102 valence electrons. The monoisotopic (exact) mass is 259 g/mol. The first kappa shape index (κ1) is 15.5. The van der Waals surface area contributed by atoms with E-state index in [1.54, 1.807) is 6.92 Å². The van der Waals surface area contributed by atoms with Crippen LogP contribution in [0, 0.1) is 35.7 Å². The third kappa shape index (κ3) is 6.21. The Bertz CT molecular complexity index is 470. The number of nitrogens with one attached hydrogen (secondary N) is 1. The Hall–Kier alpha value is -1.60. The minimum absolute atomic E-state index is 0.0275. The molecule has 1 N–H and O–H groups in total. The molecule has 0 aliphatic carbocycles. The zero-order valence-corrected chi connectivity index (χ0v) is 12.3. The van der Waals surface area contributed by atoms with Crippen LogP contribution in [0.2, 0.25) is 0 Å². The molecule has 0 amide bonds. The molecule has 1 aliphatic heterocycles. The highest BCUT2D eigenvalue weighted by Crippen LogP contribution is 2.30. The Morgan fingerprint density at radius 1 is 0.947 bits per heavy atom. The van der Waals surface area contributed by atoms with E-state index in [9.17, 15) is 0 Å². The van der Waals surface area contributed by atoms with E-state index in [-0.39, 0.29) is 17.2 Å². The first-order valence-electron chi connectivity index (χ1n) is 6.38. The van der Waals surface area contributed by atoms with E-state index in [0.717, 1.165) is 12.8 Å². The minimum atomic E-state index is 0.0275. The van der Waals surface area contributed by atoms with Crippen molar-refractivity contribution in [2.24, 2.45) is 0 Å². The van der Waals surface area contributed by atoms with Gasteiger partial charge in [0.2, 0.25) is 0 Å². The van der Waals surface area contributed by atoms with Crippen molar-refractivity contribution in [3.05, 3.63) is 0 Å². The maximum atomic E-state index is 5.34. The average Bonchev–Trinajstić information content (AvgIpc) is 2.23. The maximum Gasteiger partial charge on any atom is 0.171 e. The van der Waals surface area contributed by atoms with Crippen molar-refractivity contribution in [3.8, 4) is 35.7 Å². The molecule has 3 nitrogen and oxygen atoms in total. The van der Waals surface area contributed by atoms with Crippen LogP contribution >= 0.6 is 0 Å². The van der Waals surface area contributed by atoms with Crippen LogP contribution in [-0.2, 0) is 9.78 Å². The first-order chi connectivity index (χ1) is 8.85. The van der Waals surface area contributed by atoms with Crippen LogP contribution < -0.4 is 5.32 Å². The largest absolute Gasteiger partial charge is 0.307 e. The smallest absolute Gasteiger partial charge is 0.171 e. The van der Waals surface area contributed by atoms with E-state index in [2.05, 4.69) is 68.7 Å². The van der Waals surface area contributed by atoms with Crippen molar-refractivity contribution in [1.29, 1.82) is 0 Å². The molecule has 1 saturated heterocycles. The van der Waals surface area contributed by atoms with Crippen molar-refractivity contribution in [3.63, 3.8) is 0 Å². The Kier molecular flexibility index (Phi) is 5.31. The molecule has 1 rings (SSSR count). The van der Waals surface area contributed by atoms with Gasteiger partial charge < -0.3 is 5.32 Å². The van der Waals surface area contributed by atoms with Gasteiger partial charge in [0.05, 0.1) is 0 Å². The second-order valence-corrected chi connectivity index (χ2v) is 5.95. The van der Waals surface area contributed by atoms with Crippen molar-refractivity contribution >= 4 is 0 Å². The Balaban J connectivity index is 2.45. The summed E-state index contributed by atoms with van der Waals surface area (Å²) in [6.45, 7) is 10.4. The quantitative estimate of drug-likeness (QED) is 0.468. The molecule has 0 aromatic rings. The Labute approximate surface area is 116 Å². The third-order valence-corrected chi connectivity index (χ3v) is 2.74. The van der Waals surface area contributed by atoms with Gasteiger partial charge in [0.25, 0.3) is 0 Å². The predicted molar refractivity (Wildman–Crippen MR) is 75.5 cm³/mol. The molecule has 0 saturated carbocycles. The lowest BCUT2D eigenvalue weighted by atomic mass is 9.81. The second kappa shape index (κ2) is 6.53. The molecular weight excluding hydrogens is 238 g/mol. The average molecular weight is 259 g/mol. The van der Waals surface area contributed by atoms with Crippen LogP contribution in [-0.4, -0.2) is 17.2 Å². The van der Waals surface area contributed by atoms with Gasteiger partial charge in [-0.1, -0.05) is 5.92 Å². The molecule has 0 aromatic carbocycles. The first-order valence-corrected chi connectivity index (χ1v) is 6.38. The standard InChI is InChI=1S/C16H21NO2/c1-6-7-8-9-10-11-18-19-14-12-15(2,3)17-16(4,5)13-14/h14,17H,12-13H2,1-5H3. The number of piperidine rings is 1.